The van der Waals surface area contributed by atoms with E-state index in [2.05, 4.69) is 43.0 Å². The van der Waals surface area contributed by atoms with Crippen LogP contribution in [-0.2, 0) is 41.9 Å². The van der Waals surface area contributed by atoms with E-state index < -0.39 is 43.7 Å². The number of carbonyl (C=O) groups excluding carboxylic acids is 6. The van der Waals surface area contributed by atoms with Crippen molar-refractivity contribution in [3.63, 3.8) is 0 Å². The Labute approximate surface area is 402 Å². The molecule has 1 aliphatic carbocycles. The molecule has 0 spiro atoms. The van der Waals surface area contributed by atoms with Crippen LogP contribution >= 0.6 is 0 Å². The summed E-state index contributed by atoms with van der Waals surface area (Å²) in [7, 11) is 1.86. The number of halogens is 5. The highest BCUT2D eigenvalue weighted by atomic mass is 19.4. The van der Waals surface area contributed by atoms with Crippen LogP contribution in [0.2, 0.25) is 0 Å². The molecule has 3 unspecified atom stereocenters. The topological polar surface area (TPSA) is 173 Å². The molecule has 8 rings (SSSR count). The van der Waals surface area contributed by atoms with Crippen LogP contribution < -0.4 is 20.9 Å². The summed E-state index contributed by atoms with van der Waals surface area (Å²) in [6.45, 7) is 3.95. The number of benzene rings is 3. The molecule has 3 atom stereocenters. The van der Waals surface area contributed by atoms with Crippen LogP contribution in [0, 0.1) is 11.7 Å². The molecule has 6 amide bonds. The highest BCUT2D eigenvalue weighted by Crippen LogP contribution is 2.42. The monoisotopic (exact) mass is 976 g/mol. The number of hydrogen-bond donors (Lipinski definition) is 3. The molecule has 4 heterocycles. The minimum absolute atomic E-state index is 0.0363. The molecule has 0 radical (unpaired) electrons. The van der Waals surface area contributed by atoms with E-state index in [0.717, 1.165) is 98.7 Å². The molecule has 70 heavy (non-hydrogen) atoms. The summed E-state index contributed by atoms with van der Waals surface area (Å²) in [5, 5.41) is 13.3. The largest absolute Gasteiger partial charge is 0.406 e. The molecule has 4 aliphatic rings. The van der Waals surface area contributed by atoms with Crippen molar-refractivity contribution in [2.45, 2.75) is 69.6 Å². The Morgan fingerprint density at radius 2 is 1.57 bits per heavy atom. The number of rotatable bonds is 16. The Bertz CT molecular complexity index is 2450. The second-order valence-corrected chi connectivity index (χ2v) is 18.0. The average molecular weight is 977 g/mol. The zero-order valence-electron chi connectivity index (χ0n) is 38.8. The maximum absolute atomic E-state index is 14.6. The van der Waals surface area contributed by atoms with E-state index in [0.29, 0.717) is 35.0 Å². The lowest BCUT2D eigenvalue weighted by Gasteiger charge is -2.39. The summed E-state index contributed by atoms with van der Waals surface area (Å²) in [6, 6.07) is 18.4. The number of amides is 6. The SMILES string of the molecule is CNC1CC(F)c2cc(-c3cnn(CC(=O)N4CCC(CN5CCN(c6ccc(NC7CCC(=O)NC7=O)cc6)CC5)CC4)c3)ccc21.O=CN(C=O)CC(=O)N(Cc1ccc(F)cc1)CC(F)(F)F. The minimum atomic E-state index is -4.65. The Morgan fingerprint density at radius 1 is 0.871 bits per heavy atom. The standard InChI is InChI=1S/C36H45FN8O3.C13H12F4N2O3/c1-38-33-19-31(37)30-18-25(2-7-29(30)33)26-20-39-45(22-26)23-35(47)44-12-10-24(11-13-44)21-42-14-16-43(17-15-42)28-5-3-27(4-6-28)40-32-8-9-34(46)41-36(32)48;14-11-3-1-10(2-4-11)5-19(7-13(15,16)17)12(22)6-18(8-20)9-21/h2-7,18,20,22,24,31-33,38,40H,8-17,19,21,23H2,1H3,(H,41,46,48);1-4,8-9H,5-7H2. The number of nitrogens with one attached hydrogen (secondary N) is 3. The number of fused-ring (bicyclic) bond motifs is 1. The summed E-state index contributed by atoms with van der Waals surface area (Å²) in [4.78, 5) is 77.0. The van der Waals surface area contributed by atoms with Gasteiger partial charge in [0.05, 0.1) is 6.20 Å². The van der Waals surface area contributed by atoms with Crippen LogP contribution in [0.15, 0.2) is 79.1 Å². The van der Waals surface area contributed by atoms with Crippen molar-refractivity contribution in [3.8, 4) is 11.1 Å². The molecule has 3 saturated heterocycles. The number of likely N-dealkylation sites (tertiary alicyclic amines) is 1. The van der Waals surface area contributed by atoms with Crippen molar-refractivity contribution in [3.05, 3.63) is 102 Å². The number of anilines is 2. The quantitative estimate of drug-likeness (QED) is 0.0798. The highest BCUT2D eigenvalue weighted by Gasteiger charge is 2.34. The van der Waals surface area contributed by atoms with E-state index >= 15 is 0 Å². The number of piperidine rings is 2. The molecule has 374 valence electrons. The van der Waals surface area contributed by atoms with Gasteiger partial charge in [0, 0.05) is 94.4 Å². The lowest BCUT2D eigenvalue weighted by Crippen LogP contribution is -2.49. The predicted octanol–water partition coefficient (Wildman–Crippen LogP) is 4.83. The first-order valence-corrected chi connectivity index (χ1v) is 23.3. The third-order valence-electron chi connectivity index (χ3n) is 13.1. The van der Waals surface area contributed by atoms with Gasteiger partial charge < -0.3 is 25.3 Å². The first kappa shape index (κ1) is 51.1. The number of alkyl halides is 4. The van der Waals surface area contributed by atoms with Crippen LogP contribution in [-0.4, -0.2) is 144 Å². The van der Waals surface area contributed by atoms with Gasteiger partial charge in [0.1, 0.15) is 37.7 Å². The van der Waals surface area contributed by atoms with Gasteiger partial charge in [-0.05, 0) is 96.9 Å². The van der Waals surface area contributed by atoms with Crippen LogP contribution in [0.1, 0.15) is 61.0 Å². The van der Waals surface area contributed by atoms with Crippen molar-refractivity contribution in [1.82, 2.24) is 40.0 Å². The summed E-state index contributed by atoms with van der Waals surface area (Å²) < 4.78 is 66.7. The van der Waals surface area contributed by atoms with Gasteiger partial charge in [0.2, 0.25) is 36.4 Å². The molecule has 1 aromatic heterocycles. The van der Waals surface area contributed by atoms with E-state index in [4.69, 9.17) is 0 Å². The van der Waals surface area contributed by atoms with Gasteiger partial charge in [-0.3, -0.25) is 48.6 Å². The van der Waals surface area contributed by atoms with Crippen molar-refractivity contribution < 1.29 is 50.7 Å². The van der Waals surface area contributed by atoms with E-state index in [1.165, 1.54) is 17.8 Å². The first-order valence-electron chi connectivity index (χ1n) is 23.3. The van der Waals surface area contributed by atoms with Gasteiger partial charge in [-0.15, -0.1) is 0 Å². The van der Waals surface area contributed by atoms with E-state index in [9.17, 15) is 50.7 Å². The van der Waals surface area contributed by atoms with E-state index in [1.54, 1.807) is 10.9 Å². The van der Waals surface area contributed by atoms with E-state index in [1.807, 2.05) is 48.5 Å². The Hall–Kier alpha value is -6.74. The number of imide groups is 2. The van der Waals surface area contributed by atoms with Crippen LogP contribution in [0.4, 0.5) is 33.3 Å². The molecule has 16 nitrogen and oxygen atoms in total. The fraction of sp³-hybridized carbons (Fsp3) is 0.449. The van der Waals surface area contributed by atoms with Crippen LogP contribution in [0.3, 0.4) is 0 Å². The third-order valence-corrected chi connectivity index (χ3v) is 13.1. The highest BCUT2D eigenvalue weighted by molar-refractivity contribution is 6.01. The fourth-order valence-electron chi connectivity index (χ4n) is 9.25. The van der Waals surface area contributed by atoms with Crippen molar-refractivity contribution in [2.24, 2.45) is 5.92 Å². The summed E-state index contributed by atoms with van der Waals surface area (Å²) in [5.41, 5.74) is 5.90. The van der Waals surface area contributed by atoms with E-state index in [-0.39, 0.29) is 54.7 Å². The van der Waals surface area contributed by atoms with Gasteiger partial charge in [0.25, 0.3) is 0 Å². The molecule has 4 aromatic rings. The normalized spacial score (nSPS) is 19.7. The predicted molar refractivity (Wildman–Crippen MR) is 249 cm³/mol. The molecular formula is C49H57F5N10O6. The molecule has 3 fully saturated rings. The molecule has 3 aliphatic heterocycles. The molecule has 21 heteroatoms. The molecule has 0 bridgehead atoms. The number of piperazine rings is 1. The fourth-order valence-corrected chi connectivity index (χ4v) is 9.25. The maximum Gasteiger partial charge on any atom is 0.406 e. The molecular weight excluding hydrogens is 920 g/mol. The Balaban J connectivity index is 0.000000277. The number of aromatic nitrogens is 2. The van der Waals surface area contributed by atoms with Crippen molar-refractivity contribution >= 4 is 47.8 Å². The van der Waals surface area contributed by atoms with Gasteiger partial charge >= 0.3 is 6.18 Å². The summed E-state index contributed by atoms with van der Waals surface area (Å²) in [6.07, 6.45) is 1.43. The molecule has 3 aromatic carbocycles. The molecule has 3 N–H and O–H groups in total. The average Bonchev–Trinajstić information content (AvgIpc) is 3.95. The van der Waals surface area contributed by atoms with Crippen molar-refractivity contribution in [1.29, 1.82) is 0 Å². The van der Waals surface area contributed by atoms with Crippen LogP contribution in [0.5, 0.6) is 0 Å². The Morgan fingerprint density at radius 3 is 2.21 bits per heavy atom. The lowest BCUT2D eigenvalue weighted by atomic mass is 9.96. The van der Waals surface area contributed by atoms with Gasteiger partial charge in [-0.1, -0.05) is 24.3 Å². The van der Waals surface area contributed by atoms with Gasteiger partial charge in [-0.2, -0.15) is 18.3 Å². The number of carbonyl (C=O) groups is 6. The first-order chi connectivity index (χ1) is 33.6. The second-order valence-electron chi connectivity index (χ2n) is 18.0. The Kier molecular flexibility index (Phi) is 17.0. The zero-order valence-corrected chi connectivity index (χ0v) is 38.8. The molecule has 0 saturated carbocycles. The second kappa shape index (κ2) is 23.2. The van der Waals surface area contributed by atoms with Crippen molar-refractivity contribution in [2.75, 3.05) is 76.2 Å². The lowest BCUT2D eigenvalue weighted by molar-refractivity contribution is -0.163. The van der Waals surface area contributed by atoms with Crippen LogP contribution in [0.25, 0.3) is 11.1 Å². The minimum Gasteiger partial charge on any atom is -0.374 e. The summed E-state index contributed by atoms with van der Waals surface area (Å²) >= 11 is 0. The maximum atomic E-state index is 14.6. The number of nitrogens with zero attached hydrogens (tertiary/aromatic N) is 7. The van der Waals surface area contributed by atoms with Gasteiger partial charge in [0.15, 0.2) is 0 Å². The summed E-state index contributed by atoms with van der Waals surface area (Å²) in [5.74, 6) is -1.42. The van der Waals surface area contributed by atoms with Gasteiger partial charge in [-0.25, -0.2) is 8.78 Å². The zero-order chi connectivity index (χ0) is 50.0. The number of hydrogen-bond acceptors (Lipinski definition) is 11. The third kappa shape index (κ3) is 13.7. The smallest absolute Gasteiger partial charge is 0.374 e.